The molecule has 0 saturated carbocycles. The number of hydrogen-bond acceptors (Lipinski definition) is 5. The van der Waals surface area contributed by atoms with Crippen molar-refractivity contribution < 1.29 is 24.2 Å². The SMILES string of the molecule is COC(=O)C1=C(O)c2ccccc2[C@H](C(=O)OC)[C@H]1C. The highest BCUT2D eigenvalue weighted by molar-refractivity contribution is 6.00. The molecule has 0 bridgehead atoms. The zero-order valence-corrected chi connectivity index (χ0v) is 11.5. The van der Waals surface area contributed by atoms with Crippen LogP contribution in [-0.4, -0.2) is 31.3 Å². The molecule has 1 aliphatic carbocycles. The van der Waals surface area contributed by atoms with Crippen molar-refractivity contribution in [1.29, 1.82) is 0 Å². The molecule has 2 atom stereocenters. The lowest BCUT2D eigenvalue weighted by atomic mass is 9.74. The number of carbonyl (C=O) groups excluding carboxylic acids is 2. The van der Waals surface area contributed by atoms with Gasteiger partial charge in [0.05, 0.1) is 25.7 Å². The minimum atomic E-state index is -0.640. The predicted molar refractivity (Wildman–Crippen MR) is 71.9 cm³/mol. The Hall–Kier alpha value is -2.30. The van der Waals surface area contributed by atoms with Gasteiger partial charge in [0.25, 0.3) is 0 Å². The van der Waals surface area contributed by atoms with E-state index >= 15 is 0 Å². The van der Waals surface area contributed by atoms with E-state index in [1.54, 1.807) is 31.2 Å². The second kappa shape index (κ2) is 5.36. The van der Waals surface area contributed by atoms with Crippen LogP contribution in [0.15, 0.2) is 29.8 Å². The molecule has 1 aromatic rings. The summed E-state index contributed by atoms with van der Waals surface area (Å²) in [5.74, 6) is -2.39. The summed E-state index contributed by atoms with van der Waals surface area (Å²) in [6.45, 7) is 1.69. The number of rotatable bonds is 2. The van der Waals surface area contributed by atoms with Gasteiger partial charge in [-0.15, -0.1) is 0 Å². The van der Waals surface area contributed by atoms with Crippen LogP contribution in [0.1, 0.15) is 24.0 Å². The molecule has 0 unspecified atom stereocenters. The first kappa shape index (κ1) is 14.1. The maximum absolute atomic E-state index is 12.0. The van der Waals surface area contributed by atoms with Crippen LogP contribution in [-0.2, 0) is 19.1 Å². The largest absolute Gasteiger partial charge is 0.507 e. The second-order valence-electron chi connectivity index (χ2n) is 4.63. The van der Waals surface area contributed by atoms with Crippen molar-refractivity contribution in [3.05, 3.63) is 41.0 Å². The minimum absolute atomic E-state index is 0.0987. The van der Waals surface area contributed by atoms with E-state index in [2.05, 4.69) is 0 Å². The number of hydrogen-bond donors (Lipinski definition) is 1. The summed E-state index contributed by atoms with van der Waals surface area (Å²) in [5.41, 5.74) is 1.21. The molecule has 0 aromatic heterocycles. The molecule has 5 heteroatoms. The summed E-state index contributed by atoms with van der Waals surface area (Å²) in [6, 6.07) is 6.92. The van der Waals surface area contributed by atoms with Gasteiger partial charge in [-0.05, 0) is 5.56 Å². The maximum Gasteiger partial charge on any atom is 0.337 e. The molecule has 0 spiro atoms. The quantitative estimate of drug-likeness (QED) is 0.837. The summed E-state index contributed by atoms with van der Waals surface area (Å²) >= 11 is 0. The molecule has 0 amide bonds. The smallest absolute Gasteiger partial charge is 0.337 e. The van der Waals surface area contributed by atoms with Gasteiger partial charge in [-0.25, -0.2) is 4.79 Å². The van der Waals surface area contributed by atoms with Gasteiger partial charge in [0.15, 0.2) is 0 Å². The van der Waals surface area contributed by atoms with E-state index in [0.717, 1.165) is 0 Å². The predicted octanol–water partition coefficient (Wildman–Crippen LogP) is 2.04. The number of benzene rings is 1. The van der Waals surface area contributed by atoms with Crippen LogP contribution in [0.4, 0.5) is 0 Å². The second-order valence-corrected chi connectivity index (χ2v) is 4.63. The van der Waals surface area contributed by atoms with Crippen molar-refractivity contribution in [2.75, 3.05) is 14.2 Å². The normalized spacial score (nSPS) is 21.1. The highest BCUT2D eigenvalue weighted by Crippen LogP contribution is 2.42. The highest BCUT2D eigenvalue weighted by Gasteiger charge is 2.41. The van der Waals surface area contributed by atoms with Crippen LogP contribution in [0, 0.1) is 5.92 Å². The average Bonchev–Trinajstić information content (AvgIpc) is 2.46. The first-order valence-electron chi connectivity index (χ1n) is 6.21. The van der Waals surface area contributed by atoms with Crippen LogP contribution in [0.2, 0.25) is 0 Å². The number of esters is 2. The van der Waals surface area contributed by atoms with Crippen molar-refractivity contribution in [2.24, 2.45) is 5.92 Å². The summed E-state index contributed by atoms with van der Waals surface area (Å²) < 4.78 is 9.52. The minimum Gasteiger partial charge on any atom is -0.507 e. The molecule has 1 N–H and O–H groups in total. The van der Waals surface area contributed by atoms with Crippen LogP contribution in [0.5, 0.6) is 0 Å². The third kappa shape index (κ3) is 2.05. The Bertz CT molecular complexity index is 588. The lowest BCUT2D eigenvalue weighted by Crippen LogP contribution is -2.30. The van der Waals surface area contributed by atoms with Gasteiger partial charge < -0.3 is 14.6 Å². The fourth-order valence-electron chi connectivity index (χ4n) is 2.63. The van der Waals surface area contributed by atoms with Crippen LogP contribution >= 0.6 is 0 Å². The van der Waals surface area contributed by atoms with E-state index in [1.165, 1.54) is 14.2 Å². The molecule has 0 aliphatic heterocycles. The van der Waals surface area contributed by atoms with Crippen LogP contribution < -0.4 is 0 Å². The zero-order chi connectivity index (χ0) is 14.9. The first-order chi connectivity index (χ1) is 9.52. The van der Waals surface area contributed by atoms with E-state index in [4.69, 9.17) is 9.47 Å². The molecular formula is C15H16O5. The van der Waals surface area contributed by atoms with Gasteiger partial charge in [0.1, 0.15) is 5.76 Å². The summed E-state index contributed by atoms with van der Waals surface area (Å²) in [4.78, 5) is 23.9. The lowest BCUT2D eigenvalue weighted by molar-refractivity contribution is -0.143. The third-order valence-corrected chi connectivity index (χ3v) is 3.62. The summed E-state index contributed by atoms with van der Waals surface area (Å²) in [5, 5.41) is 10.3. The molecular weight excluding hydrogens is 260 g/mol. The van der Waals surface area contributed by atoms with E-state index in [9.17, 15) is 14.7 Å². The molecule has 0 saturated heterocycles. The van der Waals surface area contributed by atoms with Crippen molar-refractivity contribution >= 4 is 17.7 Å². The van der Waals surface area contributed by atoms with Gasteiger partial charge in [-0.2, -0.15) is 0 Å². The van der Waals surface area contributed by atoms with Gasteiger partial charge in [0.2, 0.25) is 0 Å². The first-order valence-corrected chi connectivity index (χ1v) is 6.21. The van der Waals surface area contributed by atoms with E-state index in [-0.39, 0.29) is 11.3 Å². The standard InChI is InChI=1S/C15H16O5/c1-8-11(14(17)19-2)9-6-4-5-7-10(9)13(16)12(8)15(18)20-3/h4-8,11,16H,1-3H3/t8-,11-/m1/s1. The number of ether oxygens (including phenoxy) is 2. The van der Waals surface area contributed by atoms with E-state index in [0.29, 0.717) is 11.1 Å². The monoisotopic (exact) mass is 276 g/mol. The average molecular weight is 276 g/mol. The molecule has 1 aromatic carbocycles. The van der Waals surface area contributed by atoms with Gasteiger partial charge in [-0.1, -0.05) is 31.2 Å². The van der Waals surface area contributed by atoms with Gasteiger partial charge >= 0.3 is 11.9 Å². The van der Waals surface area contributed by atoms with Crippen LogP contribution in [0.3, 0.4) is 0 Å². The van der Waals surface area contributed by atoms with Gasteiger partial charge in [0, 0.05) is 11.5 Å². The Morgan fingerprint density at radius 3 is 2.40 bits per heavy atom. The van der Waals surface area contributed by atoms with Crippen molar-refractivity contribution in [3.63, 3.8) is 0 Å². The van der Waals surface area contributed by atoms with E-state index in [1.807, 2.05) is 0 Å². The van der Waals surface area contributed by atoms with Crippen molar-refractivity contribution in [1.82, 2.24) is 0 Å². The Morgan fingerprint density at radius 1 is 1.15 bits per heavy atom. The molecule has 0 heterocycles. The van der Waals surface area contributed by atoms with Crippen LogP contribution in [0.25, 0.3) is 5.76 Å². The molecule has 20 heavy (non-hydrogen) atoms. The molecule has 1 aliphatic rings. The number of methoxy groups -OCH3 is 2. The Morgan fingerprint density at radius 2 is 1.80 bits per heavy atom. The number of carbonyl (C=O) groups is 2. The molecule has 5 nitrogen and oxygen atoms in total. The zero-order valence-electron chi connectivity index (χ0n) is 11.5. The Balaban J connectivity index is 2.67. The molecule has 2 rings (SSSR count). The summed E-state index contributed by atoms with van der Waals surface area (Å²) in [7, 11) is 2.54. The van der Waals surface area contributed by atoms with E-state index < -0.39 is 23.8 Å². The Labute approximate surface area is 116 Å². The maximum atomic E-state index is 12.0. The number of aliphatic hydroxyl groups is 1. The summed E-state index contributed by atoms with van der Waals surface area (Å²) in [6.07, 6.45) is 0. The lowest BCUT2D eigenvalue weighted by Gasteiger charge is -2.30. The Kier molecular flexibility index (Phi) is 3.79. The number of fused-ring (bicyclic) bond motifs is 1. The fraction of sp³-hybridized carbons (Fsp3) is 0.333. The van der Waals surface area contributed by atoms with Gasteiger partial charge in [-0.3, -0.25) is 4.79 Å². The van der Waals surface area contributed by atoms with Crippen molar-refractivity contribution in [3.8, 4) is 0 Å². The molecule has 0 radical (unpaired) electrons. The highest BCUT2D eigenvalue weighted by atomic mass is 16.5. The fourth-order valence-corrected chi connectivity index (χ4v) is 2.63. The molecule has 106 valence electrons. The molecule has 0 fully saturated rings. The topological polar surface area (TPSA) is 72.8 Å². The van der Waals surface area contributed by atoms with Crippen molar-refractivity contribution in [2.45, 2.75) is 12.8 Å². The third-order valence-electron chi connectivity index (χ3n) is 3.62. The number of aliphatic hydroxyl groups excluding tert-OH is 1.